The minimum absolute atomic E-state index is 0.471. The average molecular weight is 310 g/mol. The van der Waals surface area contributed by atoms with Crippen LogP contribution in [0, 0.1) is 0 Å². The highest BCUT2D eigenvalue weighted by atomic mass is 35.5. The zero-order valence-electron chi connectivity index (χ0n) is 10.6. The molecule has 18 heavy (non-hydrogen) atoms. The molecule has 0 saturated heterocycles. The molecule has 0 saturated carbocycles. The molecule has 1 rings (SSSR count). The average Bonchev–Trinajstić information content (AvgIpc) is 2.30. The number of rotatable bonds is 8. The Labute approximate surface area is 124 Å². The Hall–Kier alpha value is -0.110. The zero-order valence-corrected chi connectivity index (χ0v) is 12.9. The summed E-state index contributed by atoms with van der Waals surface area (Å²) in [6.07, 6.45) is 7.36. The van der Waals surface area contributed by atoms with Crippen LogP contribution in [0.1, 0.15) is 45.4 Å². The van der Waals surface area contributed by atoms with Gasteiger partial charge in [0, 0.05) is 5.02 Å². The first-order valence-electron chi connectivity index (χ1n) is 6.42. The summed E-state index contributed by atoms with van der Waals surface area (Å²) in [6, 6.07) is 3.29. The highest BCUT2D eigenvalue weighted by Gasteiger charge is 2.08. The van der Waals surface area contributed by atoms with E-state index in [4.69, 9.17) is 39.5 Å². The van der Waals surface area contributed by atoms with Crippen molar-refractivity contribution in [2.45, 2.75) is 45.4 Å². The van der Waals surface area contributed by atoms with Crippen molar-refractivity contribution in [3.05, 3.63) is 27.2 Å². The molecule has 0 fully saturated rings. The summed E-state index contributed by atoms with van der Waals surface area (Å²) in [6.45, 7) is 2.86. The van der Waals surface area contributed by atoms with Gasteiger partial charge in [-0.3, -0.25) is 0 Å². The zero-order chi connectivity index (χ0) is 13.4. The van der Waals surface area contributed by atoms with Crippen LogP contribution in [0.3, 0.4) is 0 Å². The third kappa shape index (κ3) is 5.69. The van der Waals surface area contributed by atoms with Gasteiger partial charge in [0.05, 0.1) is 16.7 Å². The van der Waals surface area contributed by atoms with Crippen LogP contribution >= 0.6 is 34.8 Å². The Morgan fingerprint density at radius 2 is 1.44 bits per heavy atom. The van der Waals surface area contributed by atoms with Crippen molar-refractivity contribution in [1.82, 2.24) is 0 Å². The smallest absolute Gasteiger partial charge is 0.156 e. The summed E-state index contributed by atoms with van der Waals surface area (Å²) in [7, 11) is 0. The lowest BCUT2D eigenvalue weighted by Gasteiger charge is -2.10. The molecule has 0 aliphatic carbocycles. The van der Waals surface area contributed by atoms with Gasteiger partial charge in [-0.05, 0) is 18.6 Å². The van der Waals surface area contributed by atoms with Crippen LogP contribution in [0.15, 0.2) is 12.1 Å². The number of hydrogen-bond acceptors (Lipinski definition) is 1. The molecule has 0 aliphatic rings. The monoisotopic (exact) mass is 308 g/mol. The molecule has 0 amide bonds. The molecule has 0 aliphatic heterocycles. The Kier molecular flexibility index (Phi) is 7.88. The summed E-state index contributed by atoms with van der Waals surface area (Å²) in [4.78, 5) is 0. The first-order chi connectivity index (χ1) is 8.65. The van der Waals surface area contributed by atoms with E-state index in [1.54, 1.807) is 12.1 Å². The van der Waals surface area contributed by atoms with Crippen LogP contribution in [-0.4, -0.2) is 6.61 Å². The molecule has 1 aromatic rings. The summed E-state index contributed by atoms with van der Waals surface area (Å²) >= 11 is 17.9. The quantitative estimate of drug-likeness (QED) is 0.506. The second-order valence-corrected chi connectivity index (χ2v) is 5.57. The predicted molar refractivity (Wildman–Crippen MR) is 80.3 cm³/mol. The third-order valence-electron chi connectivity index (χ3n) is 2.71. The standard InChI is InChI=1S/C14H19Cl3O/c1-2-3-4-5-6-7-8-18-14-12(16)9-11(15)10-13(14)17/h9-10H,2-8H2,1H3. The fraction of sp³-hybridized carbons (Fsp3) is 0.571. The van der Waals surface area contributed by atoms with Gasteiger partial charge in [0.2, 0.25) is 0 Å². The number of ether oxygens (including phenoxy) is 1. The summed E-state index contributed by atoms with van der Waals surface area (Å²) in [5.74, 6) is 0.538. The van der Waals surface area contributed by atoms with E-state index in [1.165, 1.54) is 32.1 Å². The molecule has 1 aromatic carbocycles. The molecule has 4 heteroatoms. The molecule has 0 unspecified atom stereocenters. The summed E-state index contributed by atoms with van der Waals surface area (Å²) in [5, 5.41) is 1.47. The SMILES string of the molecule is CCCCCCCCOc1c(Cl)cc(Cl)cc1Cl. The van der Waals surface area contributed by atoms with Gasteiger partial charge in [0.25, 0.3) is 0 Å². The van der Waals surface area contributed by atoms with Crippen LogP contribution in [0.5, 0.6) is 5.75 Å². The minimum Gasteiger partial charge on any atom is -0.490 e. The minimum atomic E-state index is 0.471. The second kappa shape index (κ2) is 8.90. The Morgan fingerprint density at radius 1 is 0.889 bits per heavy atom. The number of halogens is 3. The van der Waals surface area contributed by atoms with Crippen molar-refractivity contribution in [2.24, 2.45) is 0 Å². The summed E-state index contributed by atoms with van der Waals surface area (Å²) < 4.78 is 5.61. The van der Waals surface area contributed by atoms with Gasteiger partial charge in [-0.2, -0.15) is 0 Å². The van der Waals surface area contributed by atoms with E-state index >= 15 is 0 Å². The topological polar surface area (TPSA) is 9.23 Å². The van der Waals surface area contributed by atoms with Crippen molar-refractivity contribution >= 4 is 34.8 Å². The molecule has 0 aromatic heterocycles. The van der Waals surface area contributed by atoms with E-state index in [2.05, 4.69) is 6.92 Å². The van der Waals surface area contributed by atoms with Crippen molar-refractivity contribution in [2.75, 3.05) is 6.61 Å². The second-order valence-electron chi connectivity index (χ2n) is 4.31. The van der Waals surface area contributed by atoms with Crippen LogP contribution < -0.4 is 4.74 Å². The molecule has 0 radical (unpaired) electrons. The molecule has 0 heterocycles. The lowest BCUT2D eigenvalue weighted by molar-refractivity contribution is 0.304. The van der Waals surface area contributed by atoms with E-state index in [0.717, 1.165) is 6.42 Å². The first kappa shape index (κ1) is 15.9. The molecule has 1 nitrogen and oxygen atoms in total. The highest BCUT2D eigenvalue weighted by molar-refractivity contribution is 6.40. The number of hydrogen-bond donors (Lipinski definition) is 0. The van der Waals surface area contributed by atoms with Gasteiger partial charge in [0.1, 0.15) is 0 Å². The fourth-order valence-electron chi connectivity index (χ4n) is 1.72. The van der Waals surface area contributed by atoms with Gasteiger partial charge in [0.15, 0.2) is 5.75 Å². The lowest BCUT2D eigenvalue weighted by atomic mass is 10.1. The fourth-order valence-corrected chi connectivity index (χ4v) is 2.65. The van der Waals surface area contributed by atoms with Crippen LogP contribution in [0.4, 0.5) is 0 Å². The molecular formula is C14H19Cl3O. The Bertz CT molecular complexity index is 343. The third-order valence-corrected chi connectivity index (χ3v) is 3.49. The van der Waals surface area contributed by atoms with Crippen molar-refractivity contribution in [3.8, 4) is 5.75 Å². The molecule has 102 valence electrons. The highest BCUT2D eigenvalue weighted by Crippen LogP contribution is 2.35. The largest absolute Gasteiger partial charge is 0.490 e. The summed E-state index contributed by atoms with van der Waals surface area (Å²) in [5.41, 5.74) is 0. The van der Waals surface area contributed by atoms with Crippen LogP contribution in [0.25, 0.3) is 0 Å². The molecule has 0 spiro atoms. The van der Waals surface area contributed by atoms with Gasteiger partial charge in [-0.25, -0.2) is 0 Å². The molecule has 0 atom stereocenters. The van der Waals surface area contributed by atoms with Gasteiger partial charge >= 0.3 is 0 Å². The van der Waals surface area contributed by atoms with Crippen molar-refractivity contribution < 1.29 is 4.74 Å². The van der Waals surface area contributed by atoms with E-state index in [1.807, 2.05) is 0 Å². The van der Waals surface area contributed by atoms with Crippen LogP contribution in [-0.2, 0) is 0 Å². The maximum atomic E-state index is 6.02. The van der Waals surface area contributed by atoms with Crippen molar-refractivity contribution in [3.63, 3.8) is 0 Å². The van der Waals surface area contributed by atoms with E-state index in [-0.39, 0.29) is 0 Å². The Morgan fingerprint density at radius 3 is 2.06 bits per heavy atom. The van der Waals surface area contributed by atoms with E-state index in [9.17, 15) is 0 Å². The van der Waals surface area contributed by atoms with Crippen molar-refractivity contribution in [1.29, 1.82) is 0 Å². The van der Waals surface area contributed by atoms with Gasteiger partial charge < -0.3 is 4.74 Å². The molecular weight excluding hydrogens is 291 g/mol. The van der Waals surface area contributed by atoms with Gasteiger partial charge in [-0.15, -0.1) is 0 Å². The lowest BCUT2D eigenvalue weighted by Crippen LogP contribution is -1.98. The van der Waals surface area contributed by atoms with E-state index < -0.39 is 0 Å². The molecule has 0 N–H and O–H groups in total. The maximum Gasteiger partial charge on any atom is 0.156 e. The number of unbranched alkanes of at least 4 members (excludes halogenated alkanes) is 5. The van der Waals surface area contributed by atoms with Gasteiger partial charge in [-0.1, -0.05) is 73.8 Å². The van der Waals surface area contributed by atoms with E-state index in [0.29, 0.717) is 27.4 Å². The first-order valence-corrected chi connectivity index (χ1v) is 7.56. The normalized spacial score (nSPS) is 10.7. The number of benzene rings is 1. The maximum absolute atomic E-state index is 6.02. The predicted octanol–water partition coefficient (Wildman–Crippen LogP) is 6.39. The molecule has 0 bridgehead atoms. The van der Waals surface area contributed by atoms with Crippen LogP contribution in [0.2, 0.25) is 15.1 Å². The Balaban J connectivity index is 2.27.